The van der Waals surface area contributed by atoms with Crippen molar-refractivity contribution in [2.45, 2.75) is 38.6 Å². The minimum absolute atomic E-state index is 0.00231. The molecule has 0 bridgehead atoms. The summed E-state index contributed by atoms with van der Waals surface area (Å²) in [5, 5.41) is 0. The van der Waals surface area contributed by atoms with E-state index >= 15 is 0 Å². The zero-order chi connectivity index (χ0) is 8.10. The van der Waals surface area contributed by atoms with Crippen LogP contribution in [0.4, 0.5) is 0 Å². The first-order chi connectivity index (χ1) is 5.33. The lowest BCUT2D eigenvalue weighted by atomic mass is 10.2. The molecule has 1 saturated heterocycles. The number of hydrogen-bond donors (Lipinski definition) is 0. The van der Waals surface area contributed by atoms with Gasteiger partial charge in [-0.3, -0.25) is 0 Å². The van der Waals surface area contributed by atoms with Gasteiger partial charge in [0.1, 0.15) is 0 Å². The van der Waals surface area contributed by atoms with Crippen molar-refractivity contribution in [3.63, 3.8) is 0 Å². The fourth-order valence-corrected chi connectivity index (χ4v) is 1.19. The van der Waals surface area contributed by atoms with Gasteiger partial charge in [-0.1, -0.05) is 0 Å². The fourth-order valence-electron chi connectivity index (χ4n) is 1.11. The summed E-state index contributed by atoms with van der Waals surface area (Å²) in [4.78, 5) is 0. The van der Waals surface area contributed by atoms with Crippen molar-refractivity contribution in [3.8, 4) is 0 Å². The normalized spacial score (nSPS) is 28.4. The van der Waals surface area contributed by atoms with Gasteiger partial charge in [0.15, 0.2) is 6.29 Å². The molecule has 2 atom stereocenters. The Morgan fingerprint density at radius 3 is 3.00 bits per heavy atom. The van der Waals surface area contributed by atoms with Gasteiger partial charge >= 0.3 is 0 Å². The van der Waals surface area contributed by atoms with Crippen LogP contribution in [0, 0.1) is 0 Å². The van der Waals surface area contributed by atoms with Gasteiger partial charge in [0.05, 0.1) is 6.10 Å². The maximum absolute atomic E-state index is 5.59. The van der Waals surface area contributed by atoms with E-state index in [0.29, 0.717) is 5.88 Å². The van der Waals surface area contributed by atoms with E-state index in [1.54, 1.807) is 0 Å². The maximum atomic E-state index is 5.59. The van der Waals surface area contributed by atoms with E-state index < -0.39 is 0 Å². The van der Waals surface area contributed by atoms with Crippen molar-refractivity contribution >= 4 is 11.6 Å². The molecule has 0 N–H and O–H groups in total. The van der Waals surface area contributed by atoms with Crippen LogP contribution < -0.4 is 0 Å². The Bertz CT molecular complexity index is 102. The third-order valence-corrected chi connectivity index (χ3v) is 2.17. The van der Waals surface area contributed by atoms with Crippen molar-refractivity contribution in [1.82, 2.24) is 0 Å². The first-order valence-electron chi connectivity index (χ1n) is 4.16. The lowest BCUT2D eigenvalue weighted by Gasteiger charge is -2.25. The Balaban J connectivity index is 2.13. The molecular weight excluding hydrogens is 164 g/mol. The zero-order valence-corrected chi connectivity index (χ0v) is 7.64. The van der Waals surface area contributed by atoms with Gasteiger partial charge in [0, 0.05) is 12.5 Å². The number of halogens is 1. The molecule has 0 saturated carbocycles. The first-order valence-corrected chi connectivity index (χ1v) is 4.69. The van der Waals surface area contributed by atoms with Gasteiger partial charge in [-0.05, 0) is 26.2 Å². The van der Waals surface area contributed by atoms with Crippen molar-refractivity contribution in [3.05, 3.63) is 0 Å². The second-order valence-corrected chi connectivity index (χ2v) is 3.21. The Morgan fingerprint density at radius 2 is 2.45 bits per heavy atom. The third-order valence-electron chi connectivity index (χ3n) is 1.74. The summed E-state index contributed by atoms with van der Waals surface area (Å²) < 4.78 is 10.9. The Kier molecular flexibility index (Phi) is 4.20. The maximum Gasteiger partial charge on any atom is 0.157 e. The summed E-state index contributed by atoms with van der Waals surface area (Å²) in [5.74, 6) is 0.542. The highest BCUT2D eigenvalue weighted by Gasteiger charge is 2.16. The summed E-state index contributed by atoms with van der Waals surface area (Å²) in [6.07, 6.45) is 3.49. The van der Waals surface area contributed by atoms with Crippen LogP contribution in [0.15, 0.2) is 0 Å². The van der Waals surface area contributed by atoms with E-state index in [1.807, 2.05) is 6.92 Å². The van der Waals surface area contributed by atoms with Crippen LogP contribution in [0.3, 0.4) is 0 Å². The van der Waals surface area contributed by atoms with Gasteiger partial charge in [-0.25, -0.2) is 0 Å². The molecule has 66 valence electrons. The molecular formula is C8H15ClO2. The monoisotopic (exact) mass is 178 g/mol. The van der Waals surface area contributed by atoms with Crippen molar-refractivity contribution < 1.29 is 9.47 Å². The Labute approximate surface area is 72.8 Å². The lowest BCUT2D eigenvalue weighted by Crippen LogP contribution is -2.27. The van der Waals surface area contributed by atoms with Gasteiger partial charge < -0.3 is 9.47 Å². The van der Waals surface area contributed by atoms with E-state index in [1.165, 1.54) is 6.42 Å². The van der Waals surface area contributed by atoms with E-state index in [4.69, 9.17) is 21.1 Å². The summed E-state index contributed by atoms with van der Waals surface area (Å²) in [7, 11) is 0. The van der Waals surface area contributed by atoms with Gasteiger partial charge in [0.2, 0.25) is 0 Å². The standard InChI is InChI=1S/C8H15ClO2/c1-7(6-9)11-8-4-2-3-5-10-8/h7-8H,2-6H2,1H3/t7-,8+/m0/s1. The molecule has 0 aromatic rings. The SMILES string of the molecule is C[C@@H](CCl)O[C@@H]1CCCCO1. The van der Waals surface area contributed by atoms with Crippen molar-refractivity contribution in [2.75, 3.05) is 12.5 Å². The predicted molar refractivity (Wildman–Crippen MR) is 44.9 cm³/mol. The molecule has 0 radical (unpaired) electrons. The summed E-state index contributed by atoms with van der Waals surface area (Å²) >= 11 is 5.59. The molecule has 1 heterocycles. The highest BCUT2D eigenvalue weighted by molar-refractivity contribution is 6.18. The molecule has 0 aromatic carbocycles. The molecule has 1 aliphatic rings. The average Bonchev–Trinajstić information content (AvgIpc) is 2.06. The molecule has 2 nitrogen and oxygen atoms in total. The molecule has 0 unspecified atom stereocenters. The second kappa shape index (κ2) is 4.96. The first kappa shape index (κ1) is 9.30. The third kappa shape index (κ3) is 3.41. The fraction of sp³-hybridized carbons (Fsp3) is 1.00. The molecule has 1 fully saturated rings. The summed E-state index contributed by atoms with van der Waals surface area (Å²) in [5.41, 5.74) is 0. The molecule has 11 heavy (non-hydrogen) atoms. The van der Waals surface area contributed by atoms with Crippen LogP contribution in [0.1, 0.15) is 26.2 Å². The van der Waals surface area contributed by atoms with Crippen molar-refractivity contribution in [2.24, 2.45) is 0 Å². The summed E-state index contributed by atoms with van der Waals surface area (Å²) in [6, 6.07) is 0. The smallest absolute Gasteiger partial charge is 0.157 e. The van der Waals surface area contributed by atoms with Gasteiger partial charge in [-0.2, -0.15) is 0 Å². The zero-order valence-electron chi connectivity index (χ0n) is 6.88. The minimum atomic E-state index is -0.00231. The predicted octanol–water partition coefficient (Wildman–Crippen LogP) is 2.16. The van der Waals surface area contributed by atoms with E-state index in [2.05, 4.69) is 0 Å². The highest BCUT2D eigenvalue weighted by atomic mass is 35.5. The van der Waals surface area contributed by atoms with E-state index in [0.717, 1.165) is 19.4 Å². The molecule has 1 aliphatic heterocycles. The summed E-state index contributed by atoms with van der Waals surface area (Å²) in [6.45, 7) is 2.80. The van der Waals surface area contributed by atoms with Gasteiger partial charge in [-0.15, -0.1) is 11.6 Å². The van der Waals surface area contributed by atoms with E-state index in [9.17, 15) is 0 Å². The average molecular weight is 179 g/mol. The minimum Gasteiger partial charge on any atom is -0.353 e. The van der Waals surface area contributed by atoms with Crippen LogP contribution in [-0.4, -0.2) is 24.9 Å². The van der Waals surface area contributed by atoms with Crippen LogP contribution in [0.2, 0.25) is 0 Å². The molecule has 0 spiro atoms. The Hall–Kier alpha value is 0.210. The van der Waals surface area contributed by atoms with Gasteiger partial charge in [0.25, 0.3) is 0 Å². The number of alkyl halides is 1. The molecule has 0 amide bonds. The molecule has 0 aromatic heterocycles. The topological polar surface area (TPSA) is 18.5 Å². The number of hydrogen-bond acceptors (Lipinski definition) is 2. The van der Waals surface area contributed by atoms with Crippen LogP contribution in [0.25, 0.3) is 0 Å². The van der Waals surface area contributed by atoms with E-state index in [-0.39, 0.29) is 12.4 Å². The van der Waals surface area contributed by atoms with Crippen LogP contribution in [-0.2, 0) is 9.47 Å². The largest absolute Gasteiger partial charge is 0.353 e. The highest BCUT2D eigenvalue weighted by Crippen LogP contribution is 2.15. The molecule has 3 heteroatoms. The quantitative estimate of drug-likeness (QED) is 0.617. The Morgan fingerprint density at radius 1 is 1.64 bits per heavy atom. The lowest BCUT2D eigenvalue weighted by molar-refractivity contribution is -0.179. The molecule has 0 aliphatic carbocycles. The molecule has 1 rings (SSSR count). The van der Waals surface area contributed by atoms with Crippen molar-refractivity contribution in [1.29, 1.82) is 0 Å². The van der Waals surface area contributed by atoms with Crippen LogP contribution in [0.5, 0.6) is 0 Å². The number of rotatable bonds is 3. The second-order valence-electron chi connectivity index (χ2n) is 2.90. The number of ether oxygens (including phenoxy) is 2. The van der Waals surface area contributed by atoms with Crippen LogP contribution >= 0.6 is 11.6 Å².